The van der Waals surface area contributed by atoms with Gasteiger partial charge in [0.25, 0.3) is 0 Å². The van der Waals surface area contributed by atoms with E-state index in [1.54, 1.807) is 31.2 Å². The molecule has 0 bridgehead atoms. The molecule has 0 aromatic heterocycles. The summed E-state index contributed by atoms with van der Waals surface area (Å²) in [5.74, 6) is 0.477. The summed E-state index contributed by atoms with van der Waals surface area (Å²) in [6.45, 7) is 1.57. The van der Waals surface area contributed by atoms with Crippen molar-refractivity contribution in [2.24, 2.45) is 0 Å². The van der Waals surface area contributed by atoms with Gasteiger partial charge >= 0.3 is 5.24 Å². The summed E-state index contributed by atoms with van der Waals surface area (Å²) < 4.78 is 21.5. The van der Waals surface area contributed by atoms with E-state index in [-0.39, 0.29) is 11.8 Å². The minimum absolute atomic E-state index is 0.233. The Morgan fingerprint density at radius 1 is 1.22 bits per heavy atom. The quantitative estimate of drug-likeness (QED) is 0.652. The summed E-state index contributed by atoms with van der Waals surface area (Å²) in [6.07, 6.45) is -5.72. The molecular weight excluding hydrogens is 324 g/mol. The lowest BCUT2D eigenvalue weighted by atomic mass is 9.99. The Hall–Kier alpha value is -1.29. The fraction of sp³-hybridized carbons (Fsp3) is 0.533. The Morgan fingerprint density at radius 2 is 1.91 bits per heavy atom. The molecule has 0 unspecified atom stereocenters. The van der Waals surface area contributed by atoms with Gasteiger partial charge in [-0.1, -0.05) is 18.2 Å². The van der Waals surface area contributed by atoms with Crippen molar-refractivity contribution in [2.45, 2.75) is 37.6 Å². The zero-order valence-corrected chi connectivity index (χ0v) is 13.4. The van der Waals surface area contributed by atoms with Gasteiger partial charge in [0.1, 0.15) is 24.1 Å². The van der Waals surface area contributed by atoms with Crippen molar-refractivity contribution in [3.8, 4) is 5.75 Å². The van der Waals surface area contributed by atoms with Gasteiger partial charge in [-0.2, -0.15) is 0 Å². The fourth-order valence-corrected chi connectivity index (χ4v) is 2.41. The summed E-state index contributed by atoms with van der Waals surface area (Å²) in [7, 11) is 0. The zero-order valence-electron chi connectivity index (χ0n) is 12.6. The molecule has 1 aliphatic heterocycles. The summed E-state index contributed by atoms with van der Waals surface area (Å²) in [5, 5.41) is 29.1. The van der Waals surface area contributed by atoms with Crippen molar-refractivity contribution in [1.29, 1.82) is 0 Å². The number of thiocarbonyl (C=S) groups is 1. The lowest BCUT2D eigenvalue weighted by Crippen LogP contribution is -2.60. The SMILES string of the molecule is CCO[C@H]1O[C@H](CO)[C@@H](O)[C@H](O)[C@H]1OC(=S)Oc1ccccc1. The second-order valence-corrected chi connectivity index (χ2v) is 5.24. The second-order valence-electron chi connectivity index (χ2n) is 4.91. The third kappa shape index (κ3) is 4.60. The molecule has 0 spiro atoms. The minimum Gasteiger partial charge on any atom is -0.445 e. The third-order valence-electron chi connectivity index (χ3n) is 3.33. The normalized spacial score (nSPS) is 30.7. The summed E-state index contributed by atoms with van der Waals surface area (Å²) >= 11 is 5.01. The maximum atomic E-state index is 10.2. The first-order valence-electron chi connectivity index (χ1n) is 7.24. The van der Waals surface area contributed by atoms with E-state index in [1.165, 1.54) is 0 Å². The van der Waals surface area contributed by atoms with Crippen LogP contribution >= 0.6 is 12.2 Å². The third-order valence-corrected chi connectivity index (χ3v) is 3.51. The average molecular weight is 344 g/mol. The van der Waals surface area contributed by atoms with Crippen LogP contribution in [0.5, 0.6) is 5.75 Å². The number of aliphatic hydroxyl groups excluding tert-OH is 3. The first-order valence-corrected chi connectivity index (χ1v) is 7.65. The topological polar surface area (TPSA) is 97.6 Å². The van der Waals surface area contributed by atoms with Gasteiger partial charge in [0.05, 0.1) is 6.61 Å². The van der Waals surface area contributed by atoms with Crippen LogP contribution in [0, 0.1) is 0 Å². The maximum Gasteiger partial charge on any atom is 0.358 e. The molecule has 1 aromatic carbocycles. The van der Waals surface area contributed by atoms with Gasteiger partial charge in [0.2, 0.25) is 0 Å². The number of hydrogen-bond acceptors (Lipinski definition) is 8. The number of rotatable bonds is 5. The number of ether oxygens (including phenoxy) is 4. The highest BCUT2D eigenvalue weighted by molar-refractivity contribution is 7.79. The largest absolute Gasteiger partial charge is 0.445 e. The lowest BCUT2D eigenvalue weighted by Gasteiger charge is -2.41. The van der Waals surface area contributed by atoms with Crippen molar-refractivity contribution in [2.75, 3.05) is 13.2 Å². The standard InChI is InChI=1S/C15H20O7S/c1-2-19-14-13(12(18)11(17)10(8-16)21-14)22-15(23)20-9-6-4-3-5-7-9/h3-7,10-14,16-18H,2,8H2,1H3/t10-,11-,12+,13-,14+/m1/s1. The van der Waals surface area contributed by atoms with Crippen LogP contribution in [0.15, 0.2) is 30.3 Å². The van der Waals surface area contributed by atoms with Crippen LogP contribution < -0.4 is 4.74 Å². The number of hydrogen-bond donors (Lipinski definition) is 3. The van der Waals surface area contributed by atoms with E-state index in [1.807, 2.05) is 6.07 Å². The highest BCUT2D eigenvalue weighted by atomic mass is 32.1. The highest BCUT2D eigenvalue weighted by Crippen LogP contribution is 2.25. The Bertz CT molecular complexity index is 498. The van der Waals surface area contributed by atoms with Gasteiger partial charge in [-0.05, 0) is 19.1 Å². The van der Waals surface area contributed by atoms with E-state index in [0.717, 1.165) is 0 Å². The molecule has 8 heteroatoms. The molecule has 3 N–H and O–H groups in total. The van der Waals surface area contributed by atoms with Crippen LogP contribution in [0.3, 0.4) is 0 Å². The van der Waals surface area contributed by atoms with E-state index in [9.17, 15) is 15.3 Å². The van der Waals surface area contributed by atoms with E-state index in [2.05, 4.69) is 0 Å². The molecule has 0 saturated carbocycles. The van der Waals surface area contributed by atoms with Crippen LogP contribution in [0.25, 0.3) is 0 Å². The first kappa shape index (κ1) is 18.1. The minimum atomic E-state index is -1.35. The Kier molecular flexibility index (Phi) is 6.70. The smallest absolute Gasteiger partial charge is 0.358 e. The maximum absolute atomic E-state index is 10.2. The van der Waals surface area contributed by atoms with Gasteiger partial charge in [-0.15, -0.1) is 0 Å². The summed E-state index contributed by atoms with van der Waals surface area (Å²) in [6, 6.07) is 8.76. The predicted molar refractivity (Wildman–Crippen MR) is 83.9 cm³/mol. The number of benzene rings is 1. The molecule has 7 nitrogen and oxygen atoms in total. The first-order chi connectivity index (χ1) is 11.1. The molecule has 1 aliphatic rings. The highest BCUT2D eigenvalue weighted by Gasteiger charge is 2.46. The molecule has 5 atom stereocenters. The van der Waals surface area contributed by atoms with Crippen LogP contribution in [0.1, 0.15) is 6.92 Å². The van der Waals surface area contributed by atoms with Crippen LogP contribution in [-0.2, 0) is 14.2 Å². The monoisotopic (exact) mass is 344 g/mol. The summed E-state index contributed by atoms with van der Waals surface area (Å²) in [4.78, 5) is 0. The van der Waals surface area contributed by atoms with Gasteiger partial charge in [0.15, 0.2) is 12.4 Å². The van der Waals surface area contributed by atoms with E-state index in [4.69, 9.17) is 31.2 Å². The Labute approximate surface area is 139 Å². The van der Waals surface area contributed by atoms with E-state index in [0.29, 0.717) is 5.75 Å². The van der Waals surface area contributed by atoms with Crippen LogP contribution in [0.4, 0.5) is 0 Å². The van der Waals surface area contributed by atoms with Gasteiger partial charge in [0, 0.05) is 18.8 Å². The number of aliphatic hydroxyl groups is 3. The van der Waals surface area contributed by atoms with Crippen molar-refractivity contribution in [3.05, 3.63) is 30.3 Å². The molecule has 23 heavy (non-hydrogen) atoms. The van der Waals surface area contributed by atoms with Gasteiger partial charge in [-0.3, -0.25) is 0 Å². The average Bonchev–Trinajstić information content (AvgIpc) is 2.55. The Balaban J connectivity index is 2.03. The van der Waals surface area contributed by atoms with E-state index < -0.39 is 37.3 Å². The van der Waals surface area contributed by atoms with Gasteiger partial charge in [-0.25, -0.2) is 0 Å². The molecule has 1 aromatic rings. The van der Waals surface area contributed by atoms with Crippen LogP contribution in [0.2, 0.25) is 0 Å². The van der Waals surface area contributed by atoms with Crippen molar-refractivity contribution in [3.63, 3.8) is 0 Å². The molecular formula is C15H20O7S. The second kappa shape index (κ2) is 8.53. The molecule has 1 heterocycles. The Morgan fingerprint density at radius 3 is 2.52 bits per heavy atom. The lowest BCUT2D eigenvalue weighted by molar-refractivity contribution is -0.297. The fourth-order valence-electron chi connectivity index (χ4n) is 2.20. The number of para-hydroxylation sites is 1. The predicted octanol–water partition coefficient (Wildman–Crippen LogP) is 0.211. The van der Waals surface area contributed by atoms with Crippen LogP contribution in [-0.4, -0.2) is 64.5 Å². The molecule has 0 aliphatic carbocycles. The zero-order chi connectivity index (χ0) is 16.8. The molecule has 2 rings (SSSR count). The molecule has 0 amide bonds. The summed E-state index contributed by atoms with van der Waals surface area (Å²) in [5.41, 5.74) is 0. The van der Waals surface area contributed by atoms with E-state index >= 15 is 0 Å². The van der Waals surface area contributed by atoms with Crippen molar-refractivity contribution in [1.82, 2.24) is 0 Å². The van der Waals surface area contributed by atoms with Crippen molar-refractivity contribution >= 4 is 17.5 Å². The molecule has 0 radical (unpaired) electrons. The molecule has 1 fully saturated rings. The van der Waals surface area contributed by atoms with Gasteiger partial charge < -0.3 is 34.3 Å². The molecule has 128 valence electrons. The van der Waals surface area contributed by atoms with Crippen molar-refractivity contribution < 1.29 is 34.3 Å². The molecule has 1 saturated heterocycles.